The molecule has 0 heterocycles. The van der Waals surface area contributed by atoms with Gasteiger partial charge in [-0.2, -0.15) is 0 Å². The van der Waals surface area contributed by atoms with Gasteiger partial charge >= 0.3 is 0 Å². The first-order valence-electron chi connectivity index (χ1n) is 5.79. The summed E-state index contributed by atoms with van der Waals surface area (Å²) in [6, 6.07) is 4.53. The maximum Gasteiger partial charge on any atom is 0.222 e. The second kappa shape index (κ2) is 7.74. The minimum atomic E-state index is -0.373. The molecule has 0 aliphatic rings. The molecule has 100 valence electrons. The Hall–Kier alpha value is -0.610. The van der Waals surface area contributed by atoms with Gasteiger partial charge in [0.25, 0.3) is 0 Å². The predicted molar refractivity (Wildman–Crippen MR) is 75.5 cm³/mol. The van der Waals surface area contributed by atoms with E-state index in [2.05, 4.69) is 15.9 Å². The topological polar surface area (TPSA) is 20.3 Å². The Bertz CT molecular complexity index is 394. The van der Waals surface area contributed by atoms with Crippen molar-refractivity contribution in [2.24, 2.45) is 0 Å². The Morgan fingerprint density at radius 3 is 2.78 bits per heavy atom. The van der Waals surface area contributed by atoms with Crippen LogP contribution >= 0.6 is 27.5 Å². The van der Waals surface area contributed by atoms with Crippen LogP contribution in [0.4, 0.5) is 4.39 Å². The van der Waals surface area contributed by atoms with Gasteiger partial charge < -0.3 is 4.90 Å². The lowest BCUT2D eigenvalue weighted by Gasteiger charge is -2.18. The van der Waals surface area contributed by atoms with Crippen LogP contribution in [0.15, 0.2) is 18.2 Å². The Balaban J connectivity index is 2.58. The van der Waals surface area contributed by atoms with E-state index < -0.39 is 0 Å². The lowest BCUT2D eigenvalue weighted by molar-refractivity contribution is -0.130. The zero-order valence-electron chi connectivity index (χ0n) is 10.3. The molecular weight excluding hydrogens is 321 g/mol. The van der Waals surface area contributed by atoms with Gasteiger partial charge in [0.1, 0.15) is 5.82 Å². The van der Waals surface area contributed by atoms with E-state index in [1.165, 1.54) is 11.0 Å². The molecule has 2 nitrogen and oxygen atoms in total. The van der Waals surface area contributed by atoms with E-state index in [4.69, 9.17) is 11.6 Å². The van der Waals surface area contributed by atoms with Crippen LogP contribution in [0.2, 0.25) is 5.02 Å². The zero-order chi connectivity index (χ0) is 13.5. The average Bonchev–Trinajstić information content (AvgIpc) is 2.34. The van der Waals surface area contributed by atoms with Gasteiger partial charge in [0.05, 0.1) is 0 Å². The molecule has 18 heavy (non-hydrogen) atoms. The second-order valence-electron chi connectivity index (χ2n) is 4.10. The number of hydrogen-bond acceptors (Lipinski definition) is 1. The van der Waals surface area contributed by atoms with Crippen molar-refractivity contribution in [1.82, 2.24) is 4.90 Å². The first kappa shape index (κ1) is 15.4. The lowest BCUT2D eigenvalue weighted by Crippen LogP contribution is -2.26. The molecule has 0 aliphatic carbocycles. The van der Waals surface area contributed by atoms with Crippen molar-refractivity contribution >= 4 is 33.4 Å². The van der Waals surface area contributed by atoms with Crippen molar-refractivity contribution in [3.8, 4) is 0 Å². The van der Waals surface area contributed by atoms with Crippen molar-refractivity contribution in [1.29, 1.82) is 0 Å². The molecule has 0 N–H and O–H groups in total. The Kier molecular flexibility index (Phi) is 6.65. The number of benzene rings is 1. The quantitative estimate of drug-likeness (QED) is 0.568. The highest BCUT2D eigenvalue weighted by Crippen LogP contribution is 2.20. The number of amides is 1. The van der Waals surface area contributed by atoms with Crippen LogP contribution in [0.3, 0.4) is 0 Å². The highest BCUT2D eigenvalue weighted by atomic mass is 79.9. The van der Waals surface area contributed by atoms with E-state index in [-0.39, 0.29) is 18.3 Å². The fourth-order valence-electron chi connectivity index (χ4n) is 1.57. The molecule has 0 saturated carbocycles. The van der Waals surface area contributed by atoms with Gasteiger partial charge in [0, 0.05) is 35.9 Å². The monoisotopic (exact) mass is 335 g/mol. The van der Waals surface area contributed by atoms with Gasteiger partial charge in [-0.3, -0.25) is 4.79 Å². The molecule has 1 rings (SSSR count). The molecule has 1 aromatic carbocycles. The summed E-state index contributed by atoms with van der Waals surface area (Å²) in [6.45, 7) is 0.207. The summed E-state index contributed by atoms with van der Waals surface area (Å²) in [5.74, 6) is -0.363. The van der Waals surface area contributed by atoms with Crippen LogP contribution in [0, 0.1) is 5.82 Å². The molecule has 0 spiro atoms. The molecule has 0 atom stereocenters. The number of alkyl halides is 1. The maximum atomic E-state index is 13.6. The van der Waals surface area contributed by atoms with E-state index in [1.807, 2.05) is 0 Å². The molecule has 5 heteroatoms. The van der Waals surface area contributed by atoms with Crippen molar-refractivity contribution in [2.75, 3.05) is 12.4 Å². The fourth-order valence-corrected chi connectivity index (χ4v) is 2.19. The van der Waals surface area contributed by atoms with Crippen molar-refractivity contribution in [3.05, 3.63) is 34.6 Å². The van der Waals surface area contributed by atoms with Crippen LogP contribution in [-0.2, 0) is 11.3 Å². The van der Waals surface area contributed by atoms with Crippen molar-refractivity contribution in [2.45, 2.75) is 25.8 Å². The molecular formula is C13H16BrClFNO. The summed E-state index contributed by atoms with van der Waals surface area (Å²) in [5, 5.41) is 1.25. The van der Waals surface area contributed by atoms with Crippen molar-refractivity contribution in [3.63, 3.8) is 0 Å². The lowest BCUT2D eigenvalue weighted by atomic mass is 10.2. The number of hydrogen-bond donors (Lipinski definition) is 0. The molecule has 1 amide bonds. The molecule has 0 fully saturated rings. The summed E-state index contributed by atoms with van der Waals surface area (Å²) in [5.41, 5.74) is 0.371. The largest absolute Gasteiger partial charge is 0.341 e. The zero-order valence-corrected chi connectivity index (χ0v) is 12.6. The fraction of sp³-hybridized carbons (Fsp3) is 0.462. The summed E-state index contributed by atoms with van der Waals surface area (Å²) in [6.07, 6.45) is 2.27. The maximum absolute atomic E-state index is 13.6. The minimum Gasteiger partial charge on any atom is -0.341 e. The Morgan fingerprint density at radius 1 is 1.44 bits per heavy atom. The molecule has 0 aliphatic heterocycles. The summed E-state index contributed by atoms with van der Waals surface area (Å²) in [7, 11) is 1.67. The third kappa shape index (κ3) is 4.58. The van der Waals surface area contributed by atoms with Crippen LogP contribution in [-0.4, -0.2) is 23.2 Å². The summed E-state index contributed by atoms with van der Waals surface area (Å²) < 4.78 is 13.6. The Labute approximate surface area is 120 Å². The van der Waals surface area contributed by atoms with Gasteiger partial charge in [-0.15, -0.1) is 0 Å². The molecule has 0 aromatic heterocycles. The normalized spacial score (nSPS) is 10.4. The first-order valence-corrected chi connectivity index (χ1v) is 7.29. The van der Waals surface area contributed by atoms with Gasteiger partial charge in [-0.25, -0.2) is 4.39 Å². The SMILES string of the molecule is CN(Cc1c(F)cccc1Cl)C(=O)CCCCBr. The molecule has 0 saturated heterocycles. The van der Waals surface area contributed by atoms with Gasteiger partial charge in [-0.1, -0.05) is 33.6 Å². The summed E-state index contributed by atoms with van der Waals surface area (Å²) in [4.78, 5) is 13.3. The second-order valence-corrected chi connectivity index (χ2v) is 5.30. The number of halogens is 3. The smallest absolute Gasteiger partial charge is 0.222 e. The Morgan fingerprint density at radius 2 is 2.17 bits per heavy atom. The average molecular weight is 337 g/mol. The number of nitrogens with zero attached hydrogens (tertiary/aromatic N) is 1. The highest BCUT2D eigenvalue weighted by Gasteiger charge is 2.13. The van der Waals surface area contributed by atoms with Crippen LogP contribution in [0.1, 0.15) is 24.8 Å². The molecule has 1 aromatic rings. The van der Waals surface area contributed by atoms with Crippen LogP contribution in [0.25, 0.3) is 0 Å². The van der Waals surface area contributed by atoms with Gasteiger partial charge in [0.15, 0.2) is 0 Å². The number of carbonyl (C=O) groups is 1. The molecule has 0 radical (unpaired) electrons. The predicted octanol–water partition coefficient (Wildman–Crippen LogP) is 4.00. The number of unbranched alkanes of at least 4 members (excludes halogenated alkanes) is 1. The minimum absolute atomic E-state index is 0.00951. The van der Waals surface area contributed by atoms with E-state index in [9.17, 15) is 9.18 Å². The van der Waals surface area contributed by atoms with Crippen LogP contribution < -0.4 is 0 Å². The van der Waals surface area contributed by atoms with E-state index >= 15 is 0 Å². The summed E-state index contributed by atoms with van der Waals surface area (Å²) >= 11 is 9.24. The molecule has 0 bridgehead atoms. The van der Waals surface area contributed by atoms with E-state index in [0.717, 1.165) is 18.2 Å². The van der Waals surface area contributed by atoms with Crippen molar-refractivity contribution < 1.29 is 9.18 Å². The number of carbonyl (C=O) groups excluding carboxylic acids is 1. The molecule has 0 unspecified atom stereocenters. The first-order chi connectivity index (χ1) is 8.56. The van der Waals surface area contributed by atoms with E-state index in [1.54, 1.807) is 19.2 Å². The van der Waals surface area contributed by atoms with Gasteiger partial charge in [0.2, 0.25) is 5.91 Å². The number of rotatable bonds is 6. The standard InChI is InChI=1S/C13H16BrClFNO/c1-17(13(18)7-2-3-8-14)9-10-11(15)5-4-6-12(10)16/h4-6H,2-3,7-9H2,1H3. The van der Waals surface area contributed by atoms with Gasteiger partial charge in [-0.05, 0) is 25.0 Å². The highest BCUT2D eigenvalue weighted by molar-refractivity contribution is 9.09. The third-order valence-electron chi connectivity index (χ3n) is 2.66. The third-order valence-corrected chi connectivity index (χ3v) is 3.57. The van der Waals surface area contributed by atoms with Crippen LogP contribution in [0.5, 0.6) is 0 Å². The van der Waals surface area contributed by atoms with E-state index in [0.29, 0.717) is 17.0 Å².